The second-order valence-electron chi connectivity index (χ2n) is 10.5. The molecule has 1 N–H and O–H groups in total. The number of ether oxygens (including phenoxy) is 1. The van der Waals surface area contributed by atoms with Crippen molar-refractivity contribution in [3.05, 3.63) is 125 Å². The van der Waals surface area contributed by atoms with E-state index >= 15 is 0 Å². The van der Waals surface area contributed by atoms with E-state index in [1.807, 2.05) is 44.2 Å². The Morgan fingerprint density at radius 3 is 2.13 bits per heavy atom. The number of carbonyl (C=O) groups excluding carboxylic acids is 2. The number of aryl methyl sites for hydroxylation is 1. The summed E-state index contributed by atoms with van der Waals surface area (Å²) < 4.78 is 34.9. The molecule has 0 radical (unpaired) electrons. The van der Waals surface area contributed by atoms with Crippen LogP contribution in [0.2, 0.25) is 5.02 Å². The van der Waals surface area contributed by atoms with Gasteiger partial charge in [-0.1, -0.05) is 77.8 Å². The molecule has 8 nitrogen and oxygen atoms in total. The Morgan fingerprint density at radius 1 is 0.867 bits per heavy atom. The molecule has 0 saturated heterocycles. The van der Waals surface area contributed by atoms with Crippen LogP contribution >= 0.6 is 11.6 Å². The van der Waals surface area contributed by atoms with E-state index in [0.717, 1.165) is 15.4 Å². The van der Waals surface area contributed by atoms with E-state index < -0.39 is 28.5 Å². The predicted molar refractivity (Wildman–Crippen MR) is 178 cm³/mol. The third-order valence-electron chi connectivity index (χ3n) is 7.24. The van der Waals surface area contributed by atoms with E-state index in [-0.39, 0.29) is 23.8 Å². The van der Waals surface area contributed by atoms with Gasteiger partial charge in [0.25, 0.3) is 10.0 Å². The summed E-state index contributed by atoms with van der Waals surface area (Å²) in [7, 11) is -4.22. The average molecular weight is 648 g/mol. The van der Waals surface area contributed by atoms with Gasteiger partial charge in [-0.15, -0.1) is 0 Å². The summed E-state index contributed by atoms with van der Waals surface area (Å²) in [6, 6.07) is 28.5. The van der Waals surface area contributed by atoms with Crippen LogP contribution in [0.4, 0.5) is 5.69 Å². The summed E-state index contributed by atoms with van der Waals surface area (Å²) in [5.41, 5.74) is 2.73. The Labute approximate surface area is 270 Å². The lowest BCUT2D eigenvalue weighted by Gasteiger charge is -2.34. The number of nitrogens with zero attached hydrogens (tertiary/aromatic N) is 2. The Kier molecular flexibility index (Phi) is 11.6. The summed E-state index contributed by atoms with van der Waals surface area (Å²) in [5.74, 6) is -0.374. The van der Waals surface area contributed by atoms with Crippen molar-refractivity contribution in [3.63, 3.8) is 0 Å². The molecule has 0 saturated carbocycles. The molecule has 236 valence electrons. The van der Waals surface area contributed by atoms with Crippen LogP contribution in [0.25, 0.3) is 0 Å². The van der Waals surface area contributed by atoms with Crippen LogP contribution in [0.3, 0.4) is 0 Å². The molecule has 0 fully saturated rings. The monoisotopic (exact) mass is 647 g/mol. The third-order valence-corrected chi connectivity index (χ3v) is 9.40. The smallest absolute Gasteiger partial charge is 0.264 e. The van der Waals surface area contributed by atoms with Crippen molar-refractivity contribution in [1.82, 2.24) is 10.2 Å². The van der Waals surface area contributed by atoms with E-state index in [1.165, 1.54) is 17.0 Å². The second kappa shape index (κ2) is 15.6. The zero-order valence-electron chi connectivity index (χ0n) is 25.6. The normalized spacial score (nSPS) is 11.8. The van der Waals surface area contributed by atoms with Gasteiger partial charge in [0.05, 0.1) is 17.2 Å². The van der Waals surface area contributed by atoms with Crippen molar-refractivity contribution in [2.24, 2.45) is 0 Å². The van der Waals surface area contributed by atoms with Gasteiger partial charge in [-0.3, -0.25) is 13.9 Å². The van der Waals surface area contributed by atoms with Gasteiger partial charge in [0, 0.05) is 24.5 Å². The summed E-state index contributed by atoms with van der Waals surface area (Å²) >= 11 is 6.53. The molecule has 0 aliphatic heterocycles. The number of hydrogen-bond acceptors (Lipinski definition) is 5. The number of amides is 2. The number of carbonyl (C=O) groups is 2. The first kappa shape index (κ1) is 33.6. The first-order valence-corrected chi connectivity index (χ1v) is 16.6. The number of hydrogen-bond donors (Lipinski definition) is 1. The molecule has 1 atom stereocenters. The van der Waals surface area contributed by atoms with Gasteiger partial charge in [0.15, 0.2) is 0 Å². The van der Waals surface area contributed by atoms with Gasteiger partial charge >= 0.3 is 0 Å². The van der Waals surface area contributed by atoms with Crippen molar-refractivity contribution in [3.8, 4) is 5.75 Å². The van der Waals surface area contributed by atoms with E-state index in [0.29, 0.717) is 35.2 Å². The number of likely N-dealkylation sites (N-methyl/N-ethyl adjacent to an activating group) is 1. The van der Waals surface area contributed by atoms with Crippen LogP contribution in [-0.2, 0) is 32.6 Å². The Morgan fingerprint density at radius 2 is 1.51 bits per heavy atom. The lowest BCUT2D eigenvalue weighted by Crippen LogP contribution is -2.53. The Bertz CT molecular complexity index is 1680. The van der Waals surface area contributed by atoms with Gasteiger partial charge in [-0.25, -0.2) is 8.42 Å². The first-order chi connectivity index (χ1) is 21.6. The Hall–Kier alpha value is -4.34. The highest BCUT2D eigenvalue weighted by Crippen LogP contribution is 2.27. The fraction of sp³-hybridized carbons (Fsp3) is 0.257. The van der Waals surface area contributed by atoms with Gasteiger partial charge < -0.3 is 15.0 Å². The fourth-order valence-electron chi connectivity index (χ4n) is 4.90. The van der Waals surface area contributed by atoms with E-state index in [9.17, 15) is 18.0 Å². The van der Waals surface area contributed by atoms with Gasteiger partial charge in [0.2, 0.25) is 11.8 Å². The topological polar surface area (TPSA) is 96.0 Å². The molecule has 4 aromatic carbocycles. The molecule has 0 unspecified atom stereocenters. The minimum Gasteiger partial charge on any atom is -0.494 e. The number of halogens is 1. The highest BCUT2D eigenvalue weighted by atomic mass is 35.5. The lowest BCUT2D eigenvalue weighted by molar-refractivity contribution is -0.140. The van der Waals surface area contributed by atoms with Crippen molar-refractivity contribution in [2.45, 2.75) is 44.7 Å². The molecule has 0 aromatic heterocycles. The summed E-state index contributed by atoms with van der Waals surface area (Å²) in [5, 5.41) is 3.29. The molecule has 0 aliphatic carbocycles. The van der Waals surface area contributed by atoms with Crippen LogP contribution < -0.4 is 14.4 Å². The van der Waals surface area contributed by atoms with E-state index in [2.05, 4.69) is 5.32 Å². The number of rotatable bonds is 14. The third kappa shape index (κ3) is 8.65. The van der Waals surface area contributed by atoms with Crippen LogP contribution in [0.15, 0.2) is 108 Å². The maximum atomic E-state index is 14.4. The first-order valence-electron chi connectivity index (χ1n) is 14.8. The second-order valence-corrected chi connectivity index (χ2v) is 12.7. The number of nitrogens with one attached hydrogen (secondary N) is 1. The number of benzene rings is 4. The largest absolute Gasteiger partial charge is 0.494 e. The highest BCUT2D eigenvalue weighted by molar-refractivity contribution is 7.92. The molecule has 45 heavy (non-hydrogen) atoms. The van der Waals surface area contributed by atoms with E-state index in [1.54, 1.807) is 67.6 Å². The van der Waals surface area contributed by atoms with Crippen LogP contribution in [0.1, 0.15) is 30.5 Å². The molecular weight excluding hydrogens is 610 g/mol. The van der Waals surface area contributed by atoms with E-state index in [4.69, 9.17) is 16.3 Å². The highest BCUT2D eigenvalue weighted by Gasteiger charge is 2.34. The maximum Gasteiger partial charge on any atom is 0.264 e. The Balaban J connectivity index is 1.79. The quantitative estimate of drug-likeness (QED) is 0.181. The van der Waals surface area contributed by atoms with Crippen molar-refractivity contribution >= 4 is 39.1 Å². The molecule has 0 spiro atoms. The van der Waals surface area contributed by atoms with Crippen LogP contribution in [-0.4, -0.2) is 50.9 Å². The summed E-state index contributed by atoms with van der Waals surface area (Å²) in [6.07, 6.45) is 0.221. The van der Waals surface area contributed by atoms with Crippen LogP contribution in [0, 0.1) is 6.92 Å². The van der Waals surface area contributed by atoms with Gasteiger partial charge in [-0.2, -0.15) is 0 Å². The summed E-state index contributed by atoms with van der Waals surface area (Å²) in [6.45, 7) is 5.79. The SMILES string of the molecule is CCNC(=O)[C@H](Cc1ccccc1)N(Cc1ccccc1Cl)C(=O)CN(c1ccc(C)cc1)S(=O)(=O)c1ccc(OCC)cc1. The predicted octanol–water partition coefficient (Wildman–Crippen LogP) is 6.02. The lowest BCUT2D eigenvalue weighted by atomic mass is 10.0. The molecule has 4 rings (SSSR count). The molecule has 0 aliphatic rings. The molecule has 4 aromatic rings. The standard InChI is InChI=1S/C35H38ClN3O5S/c1-4-37-35(41)33(23-27-11-7-6-8-12-27)38(24-28-13-9-10-14-32(28)36)34(40)25-39(29-17-15-26(3)16-18-29)45(42,43)31-21-19-30(20-22-31)44-5-2/h6-22,33H,4-5,23-25H2,1-3H3,(H,37,41)/t33-/m0/s1. The zero-order valence-corrected chi connectivity index (χ0v) is 27.2. The molecule has 10 heteroatoms. The molecular formula is C35H38ClN3O5S. The van der Waals surface area contributed by atoms with Crippen molar-refractivity contribution in [1.29, 1.82) is 0 Å². The number of sulfonamides is 1. The minimum atomic E-state index is -4.22. The maximum absolute atomic E-state index is 14.4. The fourth-order valence-corrected chi connectivity index (χ4v) is 6.51. The zero-order chi connectivity index (χ0) is 32.4. The molecule has 0 bridgehead atoms. The van der Waals surface area contributed by atoms with Gasteiger partial charge in [-0.05, 0) is 74.4 Å². The minimum absolute atomic E-state index is 0.00143. The molecule has 2 amide bonds. The van der Waals surface area contributed by atoms with Crippen LogP contribution in [0.5, 0.6) is 5.75 Å². The average Bonchev–Trinajstić information content (AvgIpc) is 3.04. The summed E-state index contributed by atoms with van der Waals surface area (Å²) in [4.78, 5) is 29.5. The number of anilines is 1. The molecule has 0 heterocycles. The van der Waals surface area contributed by atoms with Crippen molar-refractivity contribution in [2.75, 3.05) is 24.0 Å². The van der Waals surface area contributed by atoms with Crippen molar-refractivity contribution < 1.29 is 22.7 Å². The van der Waals surface area contributed by atoms with Gasteiger partial charge in [0.1, 0.15) is 18.3 Å².